The smallest absolute Gasteiger partial charge is 0.416 e. The first-order valence-electron chi connectivity index (χ1n) is 11.5. The number of benzene rings is 2. The quantitative estimate of drug-likeness (QED) is 0.340. The molecule has 1 saturated heterocycles. The topological polar surface area (TPSA) is 32.8 Å². The summed E-state index contributed by atoms with van der Waals surface area (Å²) in [6.07, 6.45) is -17.0. The van der Waals surface area contributed by atoms with Crippen molar-refractivity contribution in [2.45, 2.75) is 63.5 Å². The van der Waals surface area contributed by atoms with E-state index in [-0.39, 0.29) is 17.7 Å². The Bertz CT molecular complexity index is 1140. The van der Waals surface area contributed by atoms with Gasteiger partial charge >= 0.3 is 24.6 Å². The molecule has 1 aliphatic heterocycles. The first-order valence-corrected chi connectivity index (χ1v) is 11.5. The average Bonchev–Trinajstić information content (AvgIpc) is 3.06. The van der Waals surface area contributed by atoms with E-state index in [1.807, 2.05) is 6.92 Å². The molecule has 3 rings (SSSR count). The van der Waals surface area contributed by atoms with Crippen LogP contribution in [-0.4, -0.2) is 36.0 Å². The Kier molecular flexibility index (Phi) is 8.03. The van der Waals surface area contributed by atoms with Gasteiger partial charge in [-0.15, -0.1) is 0 Å². The Balaban J connectivity index is 2.04. The van der Waals surface area contributed by atoms with E-state index in [1.165, 1.54) is 13.0 Å². The second-order valence-electron chi connectivity index (χ2n) is 9.31. The standard InChI is InChI=1S/C25H25F9N2O2/c1-5-20(35(3)4)19-7-6-16(23(26,27)28)10-15(19)12-36-13(2)21(38-22(36)37)14-8-17(24(29,30)31)11-18(9-14)25(32,33)34/h6-11,13,20-21H,5,12H2,1-4H3. The van der Waals surface area contributed by atoms with E-state index in [4.69, 9.17) is 4.74 Å². The number of alkyl halides is 9. The molecule has 0 spiro atoms. The van der Waals surface area contributed by atoms with Gasteiger partial charge in [0.25, 0.3) is 0 Å². The minimum atomic E-state index is -5.10. The van der Waals surface area contributed by atoms with Crippen molar-refractivity contribution in [3.8, 4) is 0 Å². The average molecular weight is 556 g/mol. The molecule has 4 nitrogen and oxygen atoms in total. The maximum atomic E-state index is 13.5. The van der Waals surface area contributed by atoms with E-state index in [1.54, 1.807) is 19.0 Å². The lowest BCUT2D eigenvalue weighted by Gasteiger charge is -2.29. The lowest BCUT2D eigenvalue weighted by molar-refractivity contribution is -0.143. The van der Waals surface area contributed by atoms with Gasteiger partial charge in [0.15, 0.2) is 0 Å². The zero-order chi connectivity index (χ0) is 28.8. The number of halogens is 9. The summed E-state index contributed by atoms with van der Waals surface area (Å²) in [5.41, 5.74) is -4.01. The number of cyclic esters (lactones) is 1. The predicted molar refractivity (Wildman–Crippen MR) is 119 cm³/mol. The first kappa shape index (κ1) is 29.6. The zero-order valence-corrected chi connectivity index (χ0v) is 20.7. The maximum Gasteiger partial charge on any atom is 0.416 e. The molecule has 1 heterocycles. The van der Waals surface area contributed by atoms with E-state index in [2.05, 4.69) is 0 Å². The van der Waals surface area contributed by atoms with Crippen LogP contribution in [0.15, 0.2) is 36.4 Å². The van der Waals surface area contributed by atoms with Crippen molar-refractivity contribution in [1.29, 1.82) is 0 Å². The molecule has 0 N–H and O–H groups in total. The number of hydrogen-bond acceptors (Lipinski definition) is 3. The molecule has 3 unspecified atom stereocenters. The van der Waals surface area contributed by atoms with Crippen molar-refractivity contribution in [1.82, 2.24) is 9.80 Å². The number of ether oxygens (including phenoxy) is 1. The lowest BCUT2D eigenvalue weighted by Crippen LogP contribution is -2.32. The lowest BCUT2D eigenvalue weighted by atomic mass is 9.94. The minimum Gasteiger partial charge on any atom is -0.439 e. The van der Waals surface area contributed by atoms with Crippen molar-refractivity contribution in [2.75, 3.05) is 14.1 Å². The Morgan fingerprint density at radius 1 is 0.868 bits per heavy atom. The molecular formula is C25H25F9N2O2. The zero-order valence-electron chi connectivity index (χ0n) is 20.7. The summed E-state index contributed by atoms with van der Waals surface area (Å²) in [4.78, 5) is 15.5. The molecular weight excluding hydrogens is 531 g/mol. The molecule has 0 bridgehead atoms. The molecule has 1 amide bonds. The van der Waals surface area contributed by atoms with E-state index in [0.717, 1.165) is 17.0 Å². The van der Waals surface area contributed by atoms with Crippen LogP contribution in [0.4, 0.5) is 44.3 Å². The van der Waals surface area contributed by atoms with Gasteiger partial charge in [-0.05, 0) is 74.5 Å². The van der Waals surface area contributed by atoms with Gasteiger partial charge in [0, 0.05) is 12.6 Å². The summed E-state index contributed by atoms with van der Waals surface area (Å²) in [6, 6.07) is 2.61. The highest BCUT2D eigenvalue weighted by Gasteiger charge is 2.44. The monoisotopic (exact) mass is 556 g/mol. The van der Waals surface area contributed by atoms with Gasteiger partial charge in [0.1, 0.15) is 6.10 Å². The van der Waals surface area contributed by atoms with E-state index < -0.39 is 65.6 Å². The number of carbonyl (C=O) groups is 1. The third-order valence-corrected chi connectivity index (χ3v) is 6.51. The fraction of sp³-hybridized carbons (Fsp3) is 0.480. The third-order valence-electron chi connectivity index (χ3n) is 6.51. The van der Waals surface area contributed by atoms with Crippen LogP contribution in [0.5, 0.6) is 0 Å². The van der Waals surface area contributed by atoms with Crippen LogP contribution in [-0.2, 0) is 29.8 Å². The van der Waals surface area contributed by atoms with Gasteiger partial charge in [-0.25, -0.2) is 4.79 Å². The van der Waals surface area contributed by atoms with Gasteiger partial charge in [0.05, 0.1) is 22.7 Å². The number of rotatable bonds is 6. The SMILES string of the molecule is CCC(c1ccc(C(F)(F)F)cc1CN1C(=O)OC(c2cc(C(F)(F)F)cc(C(F)(F)F)c2)C1C)N(C)C. The molecule has 38 heavy (non-hydrogen) atoms. The van der Waals surface area contributed by atoms with E-state index >= 15 is 0 Å². The van der Waals surface area contributed by atoms with Crippen LogP contribution >= 0.6 is 0 Å². The molecule has 2 aromatic carbocycles. The summed E-state index contributed by atoms with van der Waals surface area (Å²) in [5, 5.41) is 0. The number of nitrogens with zero attached hydrogens (tertiary/aromatic N) is 2. The van der Waals surface area contributed by atoms with Crippen LogP contribution in [0.3, 0.4) is 0 Å². The van der Waals surface area contributed by atoms with Crippen LogP contribution in [0.1, 0.15) is 65.8 Å². The molecule has 0 aromatic heterocycles. The second kappa shape index (κ2) is 10.3. The van der Waals surface area contributed by atoms with Gasteiger partial charge in [-0.3, -0.25) is 4.90 Å². The molecule has 210 valence electrons. The van der Waals surface area contributed by atoms with E-state index in [9.17, 15) is 44.3 Å². The summed E-state index contributed by atoms with van der Waals surface area (Å²) in [6.45, 7) is 2.77. The fourth-order valence-corrected chi connectivity index (χ4v) is 4.59. The number of carbonyl (C=O) groups excluding carboxylic acids is 1. The molecule has 3 atom stereocenters. The highest BCUT2D eigenvalue weighted by Crippen LogP contribution is 2.42. The Morgan fingerprint density at radius 3 is 1.84 bits per heavy atom. The molecule has 2 aromatic rings. The molecule has 0 saturated carbocycles. The number of amides is 1. The second-order valence-corrected chi connectivity index (χ2v) is 9.31. The molecule has 0 radical (unpaired) electrons. The molecule has 1 aliphatic rings. The van der Waals surface area contributed by atoms with Crippen LogP contribution in [0, 0.1) is 0 Å². The predicted octanol–water partition coefficient (Wildman–Crippen LogP) is 7.84. The van der Waals surface area contributed by atoms with Crippen molar-refractivity contribution < 1.29 is 49.0 Å². The number of hydrogen-bond donors (Lipinski definition) is 0. The van der Waals surface area contributed by atoms with Gasteiger partial charge < -0.3 is 9.64 Å². The highest BCUT2D eigenvalue weighted by atomic mass is 19.4. The summed E-state index contributed by atoms with van der Waals surface area (Å²) in [7, 11) is 3.45. The largest absolute Gasteiger partial charge is 0.439 e. The van der Waals surface area contributed by atoms with Crippen LogP contribution in [0.2, 0.25) is 0 Å². The van der Waals surface area contributed by atoms with Crippen LogP contribution in [0.25, 0.3) is 0 Å². The molecule has 0 aliphatic carbocycles. The summed E-state index contributed by atoms with van der Waals surface area (Å²) in [5.74, 6) is 0. The van der Waals surface area contributed by atoms with Crippen molar-refractivity contribution in [2.24, 2.45) is 0 Å². The van der Waals surface area contributed by atoms with Gasteiger partial charge in [-0.1, -0.05) is 13.0 Å². The minimum absolute atomic E-state index is 0.0379. The summed E-state index contributed by atoms with van der Waals surface area (Å²) >= 11 is 0. The van der Waals surface area contributed by atoms with E-state index in [0.29, 0.717) is 24.1 Å². The normalized spacial score (nSPS) is 19.7. The fourth-order valence-electron chi connectivity index (χ4n) is 4.59. The van der Waals surface area contributed by atoms with Crippen LogP contribution < -0.4 is 0 Å². The van der Waals surface area contributed by atoms with Crippen molar-refractivity contribution >= 4 is 6.09 Å². The Morgan fingerprint density at radius 2 is 1.39 bits per heavy atom. The Hall–Kier alpha value is -2.96. The third kappa shape index (κ3) is 6.19. The summed E-state index contributed by atoms with van der Waals surface area (Å²) < 4.78 is 126. The highest BCUT2D eigenvalue weighted by molar-refractivity contribution is 5.71. The van der Waals surface area contributed by atoms with Gasteiger partial charge in [-0.2, -0.15) is 39.5 Å². The maximum absolute atomic E-state index is 13.5. The molecule has 13 heteroatoms. The first-order chi connectivity index (χ1) is 17.3. The van der Waals surface area contributed by atoms with Crippen molar-refractivity contribution in [3.63, 3.8) is 0 Å². The van der Waals surface area contributed by atoms with Gasteiger partial charge in [0.2, 0.25) is 0 Å². The van der Waals surface area contributed by atoms with Crippen molar-refractivity contribution in [3.05, 3.63) is 69.8 Å². The Labute approximate surface area is 213 Å². The molecule has 1 fully saturated rings.